The zero-order valence-electron chi connectivity index (χ0n) is 12.2. The SMILES string of the molecule is CC(N)CCCC(C)C(=O)NC(C)Cc1ccsc1. The van der Waals surface area contributed by atoms with Gasteiger partial charge in [0.2, 0.25) is 5.91 Å². The van der Waals surface area contributed by atoms with Gasteiger partial charge in [0.15, 0.2) is 0 Å². The summed E-state index contributed by atoms with van der Waals surface area (Å²) < 4.78 is 0. The van der Waals surface area contributed by atoms with Crippen molar-refractivity contribution in [1.82, 2.24) is 5.32 Å². The lowest BCUT2D eigenvalue weighted by Crippen LogP contribution is -2.37. The maximum Gasteiger partial charge on any atom is 0.223 e. The van der Waals surface area contributed by atoms with E-state index in [1.165, 1.54) is 5.56 Å². The molecular formula is C15H26N2OS. The number of amides is 1. The number of hydrogen-bond donors (Lipinski definition) is 2. The van der Waals surface area contributed by atoms with Crippen LogP contribution in [0.3, 0.4) is 0 Å². The fraction of sp³-hybridized carbons (Fsp3) is 0.667. The molecule has 3 nitrogen and oxygen atoms in total. The molecule has 0 saturated heterocycles. The van der Waals surface area contributed by atoms with Crippen molar-refractivity contribution in [3.63, 3.8) is 0 Å². The maximum atomic E-state index is 12.0. The Morgan fingerprint density at radius 3 is 2.68 bits per heavy atom. The Labute approximate surface area is 120 Å². The summed E-state index contributed by atoms with van der Waals surface area (Å²) in [5, 5.41) is 7.29. The van der Waals surface area contributed by atoms with Crippen LogP contribution in [-0.4, -0.2) is 18.0 Å². The molecular weight excluding hydrogens is 256 g/mol. The number of nitrogens with one attached hydrogen (secondary N) is 1. The van der Waals surface area contributed by atoms with Crippen molar-refractivity contribution < 1.29 is 4.79 Å². The first-order valence-corrected chi connectivity index (χ1v) is 8.00. The summed E-state index contributed by atoms with van der Waals surface area (Å²) in [7, 11) is 0. The van der Waals surface area contributed by atoms with Crippen LogP contribution in [0.1, 0.15) is 45.6 Å². The van der Waals surface area contributed by atoms with E-state index in [9.17, 15) is 4.79 Å². The van der Waals surface area contributed by atoms with Crippen molar-refractivity contribution in [1.29, 1.82) is 0 Å². The van der Waals surface area contributed by atoms with E-state index in [4.69, 9.17) is 5.73 Å². The summed E-state index contributed by atoms with van der Waals surface area (Å²) in [5.41, 5.74) is 7.01. The normalized spacial score (nSPS) is 15.8. The van der Waals surface area contributed by atoms with Gasteiger partial charge < -0.3 is 11.1 Å². The zero-order valence-corrected chi connectivity index (χ0v) is 13.0. The topological polar surface area (TPSA) is 55.1 Å². The Kier molecular flexibility index (Phi) is 7.10. The molecule has 3 atom stereocenters. The van der Waals surface area contributed by atoms with Gasteiger partial charge in [-0.3, -0.25) is 4.79 Å². The number of carbonyl (C=O) groups is 1. The molecule has 1 aromatic rings. The first-order chi connectivity index (χ1) is 8.99. The molecule has 0 aliphatic carbocycles. The van der Waals surface area contributed by atoms with Crippen LogP contribution in [0.5, 0.6) is 0 Å². The molecule has 0 aliphatic rings. The van der Waals surface area contributed by atoms with E-state index < -0.39 is 0 Å². The lowest BCUT2D eigenvalue weighted by atomic mass is 10.0. The molecule has 1 amide bonds. The first kappa shape index (κ1) is 16.2. The molecule has 3 N–H and O–H groups in total. The van der Waals surface area contributed by atoms with Crippen LogP contribution in [0, 0.1) is 5.92 Å². The fourth-order valence-electron chi connectivity index (χ4n) is 2.08. The van der Waals surface area contributed by atoms with Gasteiger partial charge in [-0.25, -0.2) is 0 Å². The minimum absolute atomic E-state index is 0.0728. The van der Waals surface area contributed by atoms with Crippen LogP contribution in [0.25, 0.3) is 0 Å². The molecule has 19 heavy (non-hydrogen) atoms. The van der Waals surface area contributed by atoms with E-state index in [1.807, 2.05) is 13.8 Å². The van der Waals surface area contributed by atoms with Gasteiger partial charge in [-0.1, -0.05) is 13.3 Å². The smallest absolute Gasteiger partial charge is 0.223 e. The quantitative estimate of drug-likeness (QED) is 0.770. The van der Waals surface area contributed by atoms with E-state index in [1.54, 1.807) is 11.3 Å². The van der Waals surface area contributed by atoms with Gasteiger partial charge in [-0.05, 0) is 55.5 Å². The minimum Gasteiger partial charge on any atom is -0.353 e. The van der Waals surface area contributed by atoms with Gasteiger partial charge in [0.25, 0.3) is 0 Å². The molecule has 0 aliphatic heterocycles. The van der Waals surface area contributed by atoms with Gasteiger partial charge in [0, 0.05) is 18.0 Å². The summed E-state index contributed by atoms with van der Waals surface area (Å²) in [4.78, 5) is 12.0. The molecule has 0 spiro atoms. The highest BCUT2D eigenvalue weighted by Gasteiger charge is 2.15. The van der Waals surface area contributed by atoms with Gasteiger partial charge in [-0.2, -0.15) is 11.3 Å². The number of nitrogens with two attached hydrogens (primary N) is 1. The van der Waals surface area contributed by atoms with Crippen LogP contribution in [-0.2, 0) is 11.2 Å². The third kappa shape index (κ3) is 6.73. The molecule has 4 heteroatoms. The number of carbonyl (C=O) groups excluding carboxylic acids is 1. The van der Waals surface area contributed by atoms with E-state index in [-0.39, 0.29) is 23.9 Å². The Morgan fingerprint density at radius 2 is 2.11 bits per heavy atom. The molecule has 0 bridgehead atoms. The summed E-state index contributed by atoms with van der Waals surface area (Å²) >= 11 is 1.70. The summed E-state index contributed by atoms with van der Waals surface area (Å²) in [6.07, 6.45) is 3.83. The second kappa shape index (κ2) is 8.33. The van der Waals surface area contributed by atoms with Crippen molar-refractivity contribution in [2.45, 2.75) is 58.5 Å². The van der Waals surface area contributed by atoms with Crippen LogP contribution < -0.4 is 11.1 Å². The Bertz CT molecular complexity index is 362. The zero-order chi connectivity index (χ0) is 14.3. The second-order valence-electron chi connectivity index (χ2n) is 5.55. The van der Waals surface area contributed by atoms with Crippen molar-refractivity contribution in [2.75, 3.05) is 0 Å². The second-order valence-corrected chi connectivity index (χ2v) is 6.33. The predicted molar refractivity (Wildman–Crippen MR) is 82.3 cm³/mol. The molecule has 1 heterocycles. The third-order valence-electron chi connectivity index (χ3n) is 3.25. The standard InChI is InChI=1S/C15H26N2OS/c1-11(5-4-6-12(2)16)15(18)17-13(3)9-14-7-8-19-10-14/h7-8,10-13H,4-6,9,16H2,1-3H3,(H,17,18). The molecule has 0 aromatic carbocycles. The first-order valence-electron chi connectivity index (χ1n) is 7.06. The average Bonchev–Trinajstić information content (AvgIpc) is 2.80. The van der Waals surface area contributed by atoms with E-state index in [2.05, 4.69) is 29.1 Å². The van der Waals surface area contributed by atoms with Crippen LogP contribution >= 0.6 is 11.3 Å². The lowest BCUT2D eigenvalue weighted by molar-refractivity contribution is -0.125. The molecule has 0 radical (unpaired) electrons. The minimum atomic E-state index is 0.0728. The van der Waals surface area contributed by atoms with E-state index in [0.717, 1.165) is 25.7 Å². The van der Waals surface area contributed by atoms with Crippen LogP contribution in [0.2, 0.25) is 0 Å². The van der Waals surface area contributed by atoms with Gasteiger partial charge in [0.05, 0.1) is 0 Å². The summed E-state index contributed by atoms with van der Waals surface area (Å²) in [5.74, 6) is 0.232. The van der Waals surface area contributed by atoms with Crippen LogP contribution in [0.15, 0.2) is 16.8 Å². The molecule has 0 saturated carbocycles. The molecule has 3 unspecified atom stereocenters. The molecule has 1 aromatic heterocycles. The highest BCUT2D eigenvalue weighted by atomic mass is 32.1. The van der Waals surface area contributed by atoms with Crippen molar-refractivity contribution in [3.05, 3.63) is 22.4 Å². The maximum absolute atomic E-state index is 12.0. The monoisotopic (exact) mass is 282 g/mol. The fourth-order valence-corrected chi connectivity index (χ4v) is 2.76. The third-order valence-corrected chi connectivity index (χ3v) is 3.99. The van der Waals surface area contributed by atoms with Crippen LogP contribution in [0.4, 0.5) is 0 Å². The van der Waals surface area contributed by atoms with E-state index in [0.29, 0.717) is 0 Å². The lowest BCUT2D eigenvalue weighted by Gasteiger charge is -2.17. The van der Waals surface area contributed by atoms with Gasteiger partial charge in [0.1, 0.15) is 0 Å². The van der Waals surface area contributed by atoms with Gasteiger partial charge >= 0.3 is 0 Å². The Balaban J connectivity index is 2.25. The number of rotatable bonds is 8. The van der Waals surface area contributed by atoms with Crippen molar-refractivity contribution in [3.8, 4) is 0 Å². The van der Waals surface area contributed by atoms with Gasteiger partial charge in [-0.15, -0.1) is 0 Å². The van der Waals surface area contributed by atoms with Crippen molar-refractivity contribution >= 4 is 17.2 Å². The number of thiophene rings is 1. The Hall–Kier alpha value is -0.870. The molecule has 1 rings (SSSR count). The summed E-state index contributed by atoms with van der Waals surface area (Å²) in [6.45, 7) is 6.06. The highest BCUT2D eigenvalue weighted by Crippen LogP contribution is 2.11. The van der Waals surface area contributed by atoms with Crippen molar-refractivity contribution in [2.24, 2.45) is 11.7 Å². The Morgan fingerprint density at radius 1 is 1.37 bits per heavy atom. The molecule has 108 valence electrons. The average molecular weight is 282 g/mol. The van der Waals surface area contributed by atoms with E-state index >= 15 is 0 Å². The largest absolute Gasteiger partial charge is 0.353 e. The molecule has 0 fully saturated rings. The number of hydrogen-bond acceptors (Lipinski definition) is 3. The summed E-state index contributed by atoms with van der Waals surface area (Å²) in [6, 6.07) is 2.53. The highest BCUT2D eigenvalue weighted by molar-refractivity contribution is 7.07. The predicted octanol–water partition coefficient (Wildman–Crippen LogP) is 2.95.